The average molecular weight is 617 g/mol. The van der Waals surface area contributed by atoms with Crippen molar-refractivity contribution >= 4 is 40.2 Å². The standard InChI is InChI=1S/C31H40Br2OSi/c1-8-10-11-12-22-13-15-24(16-14-22)25-17-18-27(23(9-2)19-25)26-20-28(32)30(29(33)21-26)34-35(6,7)31(3,4)5/h13-21H,8-12H2,1-7H3. The van der Waals surface area contributed by atoms with Crippen molar-refractivity contribution in [2.45, 2.75) is 84.9 Å². The van der Waals surface area contributed by atoms with Gasteiger partial charge in [-0.1, -0.05) is 89.9 Å². The van der Waals surface area contributed by atoms with E-state index in [9.17, 15) is 0 Å². The Morgan fingerprint density at radius 3 is 1.91 bits per heavy atom. The summed E-state index contributed by atoms with van der Waals surface area (Å²) < 4.78 is 8.63. The Kier molecular flexibility index (Phi) is 9.50. The molecule has 0 aliphatic heterocycles. The maximum absolute atomic E-state index is 6.64. The molecule has 0 aliphatic carbocycles. The maximum atomic E-state index is 6.64. The predicted molar refractivity (Wildman–Crippen MR) is 163 cm³/mol. The Bertz CT molecular complexity index is 1120. The van der Waals surface area contributed by atoms with E-state index in [2.05, 4.69) is 134 Å². The lowest BCUT2D eigenvalue weighted by molar-refractivity contribution is 0.487. The summed E-state index contributed by atoms with van der Waals surface area (Å²) >= 11 is 7.62. The molecule has 0 saturated carbocycles. The third-order valence-corrected chi connectivity index (χ3v) is 12.8. The van der Waals surface area contributed by atoms with Crippen LogP contribution in [0, 0.1) is 0 Å². The van der Waals surface area contributed by atoms with E-state index in [0.717, 1.165) is 21.1 Å². The molecule has 0 atom stereocenters. The average Bonchev–Trinajstić information content (AvgIpc) is 2.81. The van der Waals surface area contributed by atoms with Crippen molar-refractivity contribution in [2.24, 2.45) is 0 Å². The molecule has 0 fully saturated rings. The van der Waals surface area contributed by atoms with Crippen LogP contribution in [0.1, 0.15) is 65.0 Å². The zero-order valence-electron chi connectivity index (χ0n) is 22.4. The van der Waals surface area contributed by atoms with Crippen LogP contribution >= 0.6 is 31.9 Å². The van der Waals surface area contributed by atoms with Crippen LogP contribution in [0.2, 0.25) is 18.1 Å². The number of rotatable bonds is 9. The van der Waals surface area contributed by atoms with Crippen LogP contribution in [0.5, 0.6) is 5.75 Å². The molecule has 0 bridgehead atoms. The SMILES string of the molecule is CCCCCc1ccc(-c2ccc(-c3cc(Br)c(O[Si](C)(C)C(C)(C)C)c(Br)c3)c(CC)c2)cc1. The highest BCUT2D eigenvalue weighted by Gasteiger charge is 2.39. The van der Waals surface area contributed by atoms with Gasteiger partial charge in [-0.05, 0) is 115 Å². The highest BCUT2D eigenvalue weighted by Crippen LogP contribution is 2.44. The summed E-state index contributed by atoms with van der Waals surface area (Å²) in [5, 5.41) is 0.142. The Hall–Kier alpha value is -1.36. The normalized spacial score (nSPS) is 12.1. The Balaban J connectivity index is 1.89. The van der Waals surface area contributed by atoms with Gasteiger partial charge in [-0.25, -0.2) is 0 Å². The summed E-state index contributed by atoms with van der Waals surface area (Å²) in [7, 11) is -1.94. The van der Waals surface area contributed by atoms with E-state index in [1.54, 1.807) is 0 Å². The lowest BCUT2D eigenvalue weighted by Crippen LogP contribution is -2.44. The molecule has 0 spiro atoms. The molecule has 3 rings (SSSR count). The molecular weight excluding hydrogens is 576 g/mol. The summed E-state index contributed by atoms with van der Waals surface area (Å²) in [4.78, 5) is 0. The zero-order chi connectivity index (χ0) is 25.8. The molecule has 0 aromatic heterocycles. The first-order chi connectivity index (χ1) is 16.5. The second kappa shape index (κ2) is 11.8. The van der Waals surface area contributed by atoms with Gasteiger partial charge in [-0.2, -0.15) is 0 Å². The fourth-order valence-corrected chi connectivity index (χ4v) is 6.70. The van der Waals surface area contributed by atoms with Crippen LogP contribution in [0.25, 0.3) is 22.3 Å². The van der Waals surface area contributed by atoms with Crippen molar-refractivity contribution in [1.82, 2.24) is 0 Å². The molecule has 3 aromatic rings. The molecule has 188 valence electrons. The molecule has 0 heterocycles. The Morgan fingerprint density at radius 2 is 1.37 bits per heavy atom. The van der Waals surface area contributed by atoms with Gasteiger partial charge in [-0.15, -0.1) is 0 Å². The second-order valence-electron chi connectivity index (χ2n) is 11.0. The van der Waals surface area contributed by atoms with Gasteiger partial charge in [0.25, 0.3) is 8.32 Å². The zero-order valence-corrected chi connectivity index (χ0v) is 26.6. The lowest BCUT2D eigenvalue weighted by Gasteiger charge is -2.37. The minimum Gasteiger partial charge on any atom is -0.542 e. The topological polar surface area (TPSA) is 9.23 Å². The first-order valence-electron chi connectivity index (χ1n) is 12.9. The smallest absolute Gasteiger partial charge is 0.250 e. The molecule has 0 aliphatic rings. The molecule has 0 saturated heterocycles. The Labute approximate surface area is 231 Å². The molecule has 0 amide bonds. The summed E-state index contributed by atoms with van der Waals surface area (Å²) in [6.45, 7) is 15.9. The molecule has 3 aromatic carbocycles. The lowest BCUT2D eigenvalue weighted by atomic mass is 9.93. The number of unbranched alkanes of at least 4 members (excludes halogenated alkanes) is 2. The van der Waals surface area contributed by atoms with Gasteiger partial charge in [0, 0.05) is 0 Å². The van der Waals surface area contributed by atoms with Gasteiger partial charge in [0.15, 0.2) is 0 Å². The van der Waals surface area contributed by atoms with E-state index in [-0.39, 0.29) is 5.04 Å². The molecular formula is C31H40Br2OSi. The van der Waals surface area contributed by atoms with Crippen LogP contribution in [0.3, 0.4) is 0 Å². The van der Waals surface area contributed by atoms with Gasteiger partial charge >= 0.3 is 0 Å². The maximum Gasteiger partial charge on any atom is 0.250 e. The van der Waals surface area contributed by atoms with E-state index in [1.807, 2.05) is 0 Å². The van der Waals surface area contributed by atoms with Crippen molar-refractivity contribution in [1.29, 1.82) is 0 Å². The minimum atomic E-state index is -1.94. The fourth-order valence-electron chi connectivity index (χ4n) is 4.01. The summed E-state index contributed by atoms with van der Waals surface area (Å²) in [5.74, 6) is 0.911. The second-order valence-corrected chi connectivity index (χ2v) is 17.4. The van der Waals surface area contributed by atoms with Crippen molar-refractivity contribution < 1.29 is 4.43 Å². The van der Waals surface area contributed by atoms with Gasteiger partial charge in [0.2, 0.25) is 0 Å². The number of halogens is 2. The molecule has 35 heavy (non-hydrogen) atoms. The molecule has 0 unspecified atom stereocenters. The largest absolute Gasteiger partial charge is 0.542 e. The Morgan fingerprint density at radius 1 is 0.771 bits per heavy atom. The molecule has 1 nitrogen and oxygen atoms in total. The fraction of sp³-hybridized carbons (Fsp3) is 0.419. The van der Waals surface area contributed by atoms with Gasteiger partial charge in [0.05, 0.1) is 8.95 Å². The quantitative estimate of drug-likeness (QED) is 0.172. The van der Waals surface area contributed by atoms with Crippen LogP contribution < -0.4 is 4.43 Å². The van der Waals surface area contributed by atoms with Gasteiger partial charge < -0.3 is 4.43 Å². The molecule has 0 radical (unpaired) electrons. The van der Waals surface area contributed by atoms with E-state index < -0.39 is 8.32 Å². The third kappa shape index (κ3) is 6.90. The van der Waals surface area contributed by atoms with Crippen LogP contribution in [-0.4, -0.2) is 8.32 Å². The number of hydrogen-bond acceptors (Lipinski definition) is 1. The number of aryl methyl sites for hydroxylation is 2. The van der Waals surface area contributed by atoms with Gasteiger partial charge in [0.1, 0.15) is 5.75 Å². The highest BCUT2D eigenvalue weighted by molar-refractivity contribution is 9.11. The van der Waals surface area contributed by atoms with E-state index in [4.69, 9.17) is 4.43 Å². The predicted octanol–water partition coefficient (Wildman–Crippen LogP) is 11.2. The van der Waals surface area contributed by atoms with Crippen molar-refractivity contribution in [3.8, 4) is 28.0 Å². The first kappa shape index (κ1) is 28.2. The minimum absolute atomic E-state index is 0.142. The summed E-state index contributed by atoms with van der Waals surface area (Å²) in [5.41, 5.74) is 7.82. The van der Waals surface area contributed by atoms with E-state index in [1.165, 1.54) is 59.1 Å². The van der Waals surface area contributed by atoms with Gasteiger partial charge in [-0.3, -0.25) is 0 Å². The number of hydrogen-bond donors (Lipinski definition) is 0. The monoisotopic (exact) mass is 614 g/mol. The third-order valence-electron chi connectivity index (χ3n) is 7.32. The van der Waals surface area contributed by atoms with Crippen molar-refractivity contribution in [3.05, 3.63) is 74.7 Å². The highest BCUT2D eigenvalue weighted by atomic mass is 79.9. The summed E-state index contributed by atoms with van der Waals surface area (Å²) in [6.07, 6.45) is 6.00. The van der Waals surface area contributed by atoms with Crippen LogP contribution in [0.4, 0.5) is 0 Å². The van der Waals surface area contributed by atoms with Crippen molar-refractivity contribution in [2.75, 3.05) is 0 Å². The summed E-state index contributed by atoms with van der Waals surface area (Å²) in [6, 6.07) is 20.4. The molecule has 4 heteroatoms. The number of benzene rings is 3. The first-order valence-corrected chi connectivity index (χ1v) is 17.4. The van der Waals surface area contributed by atoms with Crippen LogP contribution in [-0.2, 0) is 12.8 Å². The van der Waals surface area contributed by atoms with Crippen molar-refractivity contribution in [3.63, 3.8) is 0 Å². The van der Waals surface area contributed by atoms with Crippen LogP contribution in [0.15, 0.2) is 63.5 Å². The molecule has 0 N–H and O–H groups in total. The van der Waals surface area contributed by atoms with E-state index >= 15 is 0 Å². The van der Waals surface area contributed by atoms with E-state index in [0.29, 0.717) is 0 Å².